The van der Waals surface area contributed by atoms with Crippen LogP contribution in [0.15, 0.2) is 29.3 Å². The number of anilines is 1. The van der Waals surface area contributed by atoms with Crippen LogP contribution in [-0.2, 0) is 20.8 Å². The first-order valence-electron chi connectivity index (χ1n) is 10.5. The fraction of sp³-hybridized carbons (Fsp3) is 0.476. The Kier molecular flexibility index (Phi) is 11.8. The first-order chi connectivity index (χ1) is 15.6. The smallest absolute Gasteiger partial charge is 0.405 e. The second kappa shape index (κ2) is 14.3. The molecule has 182 valence electrons. The van der Waals surface area contributed by atoms with Gasteiger partial charge in [-0.1, -0.05) is 26.0 Å². The summed E-state index contributed by atoms with van der Waals surface area (Å²) < 4.78 is 0. The predicted molar refractivity (Wildman–Crippen MR) is 124 cm³/mol. The van der Waals surface area contributed by atoms with E-state index in [9.17, 15) is 19.2 Å². The number of aliphatic imine (C=N–C) groups is 1. The van der Waals surface area contributed by atoms with Crippen molar-refractivity contribution in [2.24, 2.45) is 22.4 Å². The van der Waals surface area contributed by atoms with Crippen LogP contribution in [-0.4, -0.2) is 60.6 Å². The van der Waals surface area contributed by atoms with Gasteiger partial charge in [-0.05, 0) is 42.9 Å². The van der Waals surface area contributed by atoms with Gasteiger partial charge < -0.3 is 37.8 Å². The Labute approximate surface area is 192 Å². The molecule has 0 heterocycles. The number of nitrogens with one attached hydrogen (secondary N) is 4. The van der Waals surface area contributed by atoms with Crippen LogP contribution in [0.2, 0.25) is 0 Å². The molecule has 0 spiro atoms. The van der Waals surface area contributed by atoms with Crippen molar-refractivity contribution in [1.29, 1.82) is 0 Å². The summed E-state index contributed by atoms with van der Waals surface area (Å²) in [5.74, 6) is -1.27. The summed E-state index contributed by atoms with van der Waals surface area (Å²) in [5.41, 5.74) is 12.3. The molecule has 12 heteroatoms. The highest BCUT2D eigenvalue weighted by atomic mass is 16.4. The zero-order chi connectivity index (χ0) is 24.8. The first-order valence-corrected chi connectivity index (χ1v) is 10.5. The molecule has 0 bridgehead atoms. The summed E-state index contributed by atoms with van der Waals surface area (Å²) in [6.07, 6.45) is 0.252. The number of carbonyl (C=O) groups excluding carboxylic acids is 3. The van der Waals surface area contributed by atoms with Crippen LogP contribution in [0.5, 0.6) is 0 Å². The molecule has 0 aliphatic heterocycles. The van der Waals surface area contributed by atoms with E-state index in [4.69, 9.17) is 16.6 Å². The van der Waals surface area contributed by atoms with E-state index in [2.05, 4.69) is 34.8 Å². The number of amides is 4. The Balaban J connectivity index is 2.70. The second-order valence-electron chi connectivity index (χ2n) is 7.79. The van der Waals surface area contributed by atoms with Crippen molar-refractivity contribution in [1.82, 2.24) is 16.0 Å². The topological polar surface area (TPSA) is 201 Å². The van der Waals surface area contributed by atoms with Crippen molar-refractivity contribution in [3.05, 3.63) is 29.8 Å². The minimum absolute atomic E-state index is 0.0702. The molecule has 9 N–H and O–H groups in total. The summed E-state index contributed by atoms with van der Waals surface area (Å²) in [6, 6.07) is 6.56. The molecular formula is C21H33N7O5. The minimum atomic E-state index is -1.36. The number of guanidine groups is 1. The van der Waals surface area contributed by atoms with Gasteiger partial charge in [-0.3, -0.25) is 19.4 Å². The average molecular weight is 464 g/mol. The molecule has 1 unspecified atom stereocenters. The maximum absolute atomic E-state index is 12.8. The van der Waals surface area contributed by atoms with Gasteiger partial charge in [0.05, 0.1) is 13.1 Å². The molecule has 1 aromatic rings. The Morgan fingerprint density at radius 2 is 1.64 bits per heavy atom. The second-order valence-corrected chi connectivity index (χ2v) is 7.79. The third-order valence-electron chi connectivity index (χ3n) is 4.31. The number of benzene rings is 1. The van der Waals surface area contributed by atoms with Crippen LogP contribution in [0.1, 0.15) is 32.3 Å². The van der Waals surface area contributed by atoms with Gasteiger partial charge in [-0.25, -0.2) is 4.79 Å². The zero-order valence-electron chi connectivity index (χ0n) is 18.9. The van der Waals surface area contributed by atoms with Gasteiger partial charge in [0.15, 0.2) is 5.96 Å². The fourth-order valence-corrected chi connectivity index (χ4v) is 2.84. The molecule has 12 nitrogen and oxygen atoms in total. The average Bonchev–Trinajstić information content (AvgIpc) is 2.73. The van der Waals surface area contributed by atoms with Gasteiger partial charge in [0.25, 0.3) is 0 Å². The molecular weight excluding hydrogens is 430 g/mol. The maximum Gasteiger partial charge on any atom is 0.405 e. The molecule has 0 aliphatic carbocycles. The summed E-state index contributed by atoms with van der Waals surface area (Å²) in [7, 11) is 0. The van der Waals surface area contributed by atoms with Crippen LogP contribution < -0.4 is 32.7 Å². The molecule has 0 saturated heterocycles. The van der Waals surface area contributed by atoms with Gasteiger partial charge in [0, 0.05) is 12.2 Å². The van der Waals surface area contributed by atoms with E-state index >= 15 is 0 Å². The van der Waals surface area contributed by atoms with Crippen molar-refractivity contribution in [3.63, 3.8) is 0 Å². The van der Waals surface area contributed by atoms with Crippen LogP contribution in [0.25, 0.3) is 0 Å². The normalized spacial score (nSPS) is 11.2. The van der Waals surface area contributed by atoms with Crippen molar-refractivity contribution in [2.75, 3.05) is 25.0 Å². The number of carbonyl (C=O) groups is 4. The lowest BCUT2D eigenvalue weighted by Crippen LogP contribution is -2.48. The lowest BCUT2D eigenvalue weighted by Gasteiger charge is -2.19. The number of carboxylic acid groups (broad SMARTS) is 1. The molecule has 0 fully saturated rings. The standard InChI is InChI=1S/C21H33N7O5/c1-13(2)10-14-5-7-15(8-6-14)27-19(31)16(4-3-9-24-20(22)23)28-18(30)12-25-17(29)11-26-21(32)33/h5-8,13,16,26H,3-4,9-12H2,1-2H3,(H,25,29)(H,27,31)(H,28,30)(H,32,33)(H4,22,23,24). The van der Waals surface area contributed by atoms with Gasteiger partial charge in [0.1, 0.15) is 6.04 Å². The Morgan fingerprint density at radius 1 is 1.00 bits per heavy atom. The number of hydrogen-bond donors (Lipinski definition) is 7. The van der Waals surface area contributed by atoms with Crippen LogP contribution >= 0.6 is 0 Å². The molecule has 1 rings (SSSR count). The van der Waals surface area contributed by atoms with Gasteiger partial charge in [-0.15, -0.1) is 0 Å². The largest absolute Gasteiger partial charge is 0.465 e. The minimum Gasteiger partial charge on any atom is -0.465 e. The maximum atomic E-state index is 12.8. The molecule has 0 radical (unpaired) electrons. The molecule has 0 aliphatic rings. The van der Waals surface area contributed by atoms with E-state index in [-0.39, 0.29) is 18.9 Å². The van der Waals surface area contributed by atoms with Gasteiger partial charge in [-0.2, -0.15) is 0 Å². The summed E-state index contributed by atoms with van der Waals surface area (Å²) in [6.45, 7) is 3.62. The number of nitrogens with two attached hydrogens (primary N) is 2. The van der Waals surface area contributed by atoms with Crippen molar-refractivity contribution in [2.45, 2.75) is 39.2 Å². The van der Waals surface area contributed by atoms with Gasteiger partial charge in [0.2, 0.25) is 17.7 Å². The van der Waals surface area contributed by atoms with E-state index < -0.39 is 42.9 Å². The van der Waals surface area contributed by atoms with Crippen molar-refractivity contribution < 1.29 is 24.3 Å². The highest BCUT2D eigenvalue weighted by molar-refractivity contribution is 5.97. The van der Waals surface area contributed by atoms with Gasteiger partial charge >= 0.3 is 6.09 Å². The molecule has 4 amide bonds. The number of rotatable bonds is 13. The highest BCUT2D eigenvalue weighted by Gasteiger charge is 2.21. The van der Waals surface area contributed by atoms with Crippen LogP contribution in [0, 0.1) is 5.92 Å². The van der Waals surface area contributed by atoms with Crippen LogP contribution in [0.3, 0.4) is 0 Å². The Bertz CT molecular complexity index is 836. The third-order valence-corrected chi connectivity index (χ3v) is 4.31. The lowest BCUT2D eigenvalue weighted by molar-refractivity contribution is -0.128. The summed E-state index contributed by atoms with van der Waals surface area (Å²) in [4.78, 5) is 50.8. The monoisotopic (exact) mass is 463 g/mol. The van der Waals surface area contributed by atoms with E-state index in [1.807, 2.05) is 17.4 Å². The zero-order valence-corrected chi connectivity index (χ0v) is 18.9. The SMILES string of the molecule is CC(C)Cc1ccc(NC(=O)C(CCCN=C(N)N)NC(=O)CNC(=O)CNC(=O)O)cc1. The van der Waals surface area contributed by atoms with E-state index in [1.165, 1.54) is 0 Å². The third kappa shape index (κ3) is 12.6. The van der Waals surface area contributed by atoms with Crippen molar-refractivity contribution in [3.8, 4) is 0 Å². The fourth-order valence-electron chi connectivity index (χ4n) is 2.84. The predicted octanol–water partition coefficient (Wildman–Crippen LogP) is -0.254. The molecule has 33 heavy (non-hydrogen) atoms. The quantitative estimate of drug-likeness (QED) is 0.119. The van der Waals surface area contributed by atoms with E-state index in [0.29, 0.717) is 18.0 Å². The molecule has 0 aromatic heterocycles. The summed E-state index contributed by atoms with van der Waals surface area (Å²) in [5, 5.41) is 18.0. The summed E-state index contributed by atoms with van der Waals surface area (Å²) >= 11 is 0. The van der Waals surface area contributed by atoms with Crippen LogP contribution in [0.4, 0.5) is 10.5 Å². The first kappa shape index (κ1) is 27.2. The molecule has 0 saturated carbocycles. The Hall–Kier alpha value is -3.83. The highest BCUT2D eigenvalue weighted by Crippen LogP contribution is 2.14. The Morgan fingerprint density at radius 3 is 2.21 bits per heavy atom. The van der Waals surface area contributed by atoms with E-state index in [0.717, 1.165) is 12.0 Å². The van der Waals surface area contributed by atoms with Crippen molar-refractivity contribution >= 4 is 35.5 Å². The lowest BCUT2D eigenvalue weighted by atomic mass is 10.0. The number of hydrogen-bond acceptors (Lipinski definition) is 5. The molecule has 1 aromatic carbocycles. The van der Waals surface area contributed by atoms with E-state index in [1.54, 1.807) is 12.1 Å². The number of nitrogens with zero attached hydrogens (tertiary/aromatic N) is 1. The molecule has 1 atom stereocenters.